The van der Waals surface area contributed by atoms with Crippen molar-refractivity contribution in [2.24, 2.45) is 0 Å². The first-order valence-corrected chi connectivity index (χ1v) is 8.34. The van der Waals surface area contributed by atoms with Crippen LogP contribution in [-0.4, -0.2) is 36.6 Å². The van der Waals surface area contributed by atoms with Crippen LogP contribution in [0.4, 0.5) is 4.39 Å². The van der Waals surface area contributed by atoms with Crippen molar-refractivity contribution in [3.05, 3.63) is 70.5 Å². The highest BCUT2D eigenvalue weighted by Gasteiger charge is 2.41. The third kappa shape index (κ3) is 3.98. The van der Waals surface area contributed by atoms with Gasteiger partial charge >= 0.3 is 5.97 Å². The molecule has 1 heterocycles. The summed E-state index contributed by atoms with van der Waals surface area (Å²) in [6.45, 7) is 1.27. The van der Waals surface area contributed by atoms with Gasteiger partial charge < -0.3 is 14.7 Å². The average molecular weight is 424 g/mol. The summed E-state index contributed by atoms with van der Waals surface area (Å²) in [5.41, 5.74) is 2.35. The molecule has 1 unspecified atom stereocenters. The van der Waals surface area contributed by atoms with Gasteiger partial charge in [0.1, 0.15) is 11.4 Å². The third-order valence-corrected chi connectivity index (χ3v) is 4.71. The minimum Gasteiger partial charge on any atom is -0.478 e. The van der Waals surface area contributed by atoms with Gasteiger partial charge in [-0.25, -0.2) is 9.18 Å². The zero-order valence-electron chi connectivity index (χ0n) is 14.9. The van der Waals surface area contributed by atoms with E-state index in [9.17, 15) is 14.3 Å². The molecule has 3 rings (SSSR count). The predicted octanol–water partition coefficient (Wildman–Crippen LogP) is 4.22. The number of fused-ring (bicyclic) bond motifs is 1. The van der Waals surface area contributed by atoms with Crippen molar-refractivity contribution in [3.8, 4) is 0 Å². The number of rotatable bonds is 6. The van der Waals surface area contributed by atoms with Gasteiger partial charge in [0.25, 0.3) is 0 Å². The monoisotopic (exact) mass is 423 g/mol. The topological polar surface area (TPSA) is 49.8 Å². The van der Waals surface area contributed by atoms with Gasteiger partial charge in [-0.15, -0.1) is 17.0 Å². The minimum atomic E-state index is -0.949. The van der Waals surface area contributed by atoms with E-state index in [-0.39, 0.29) is 28.4 Å². The van der Waals surface area contributed by atoms with E-state index in [0.29, 0.717) is 6.61 Å². The number of carboxylic acids is 1. The molecule has 1 aliphatic heterocycles. The molecule has 0 spiro atoms. The summed E-state index contributed by atoms with van der Waals surface area (Å²) in [7, 11) is 4.04. The Bertz CT molecular complexity index is 779. The van der Waals surface area contributed by atoms with Crippen LogP contribution in [0, 0.1) is 5.82 Å². The van der Waals surface area contributed by atoms with Crippen LogP contribution < -0.4 is 0 Å². The Morgan fingerprint density at radius 3 is 2.54 bits per heavy atom. The standard InChI is InChI=1S/C20H22FNO3.BrH/c1-22(2)11-3-10-20(16-5-7-17(21)8-6-16)18-9-4-14(19(23)24)12-15(18)13-25-20;/h4-9,12H,3,10-11,13H2,1-2H3,(H,23,24);1H. The van der Waals surface area contributed by atoms with E-state index in [2.05, 4.69) is 4.90 Å². The summed E-state index contributed by atoms with van der Waals surface area (Å²) in [5.74, 6) is -1.23. The van der Waals surface area contributed by atoms with E-state index in [0.717, 1.165) is 36.1 Å². The quantitative estimate of drug-likeness (QED) is 0.755. The smallest absolute Gasteiger partial charge is 0.335 e. The summed E-state index contributed by atoms with van der Waals surface area (Å²) in [4.78, 5) is 13.3. The van der Waals surface area contributed by atoms with E-state index in [1.54, 1.807) is 24.3 Å². The van der Waals surface area contributed by atoms with Gasteiger partial charge in [-0.3, -0.25) is 0 Å². The average Bonchev–Trinajstić information content (AvgIpc) is 2.94. The lowest BCUT2D eigenvalue weighted by Gasteiger charge is -2.31. The third-order valence-electron chi connectivity index (χ3n) is 4.71. The van der Waals surface area contributed by atoms with Crippen LogP contribution in [0.5, 0.6) is 0 Å². The molecule has 0 aliphatic carbocycles. The number of hydrogen-bond donors (Lipinski definition) is 1. The van der Waals surface area contributed by atoms with Crippen LogP contribution in [0.1, 0.15) is 39.9 Å². The molecule has 0 bridgehead atoms. The fourth-order valence-corrected chi connectivity index (χ4v) is 3.47. The van der Waals surface area contributed by atoms with Crippen LogP contribution >= 0.6 is 17.0 Å². The van der Waals surface area contributed by atoms with Crippen LogP contribution in [0.25, 0.3) is 0 Å². The molecular formula is C20H23BrFNO3. The highest BCUT2D eigenvalue weighted by atomic mass is 79.9. The molecule has 1 aliphatic rings. The van der Waals surface area contributed by atoms with Gasteiger partial charge in [-0.1, -0.05) is 18.2 Å². The first-order valence-electron chi connectivity index (χ1n) is 8.34. The number of nitrogens with zero attached hydrogens (tertiary/aromatic N) is 1. The zero-order chi connectivity index (χ0) is 18.0. The highest BCUT2D eigenvalue weighted by Crippen LogP contribution is 2.45. The molecule has 140 valence electrons. The lowest BCUT2D eigenvalue weighted by Crippen LogP contribution is -2.28. The van der Waals surface area contributed by atoms with Crippen molar-refractivity contribution >= 4 is 23.0 Å². The molecule has 0 fully saturated rings. The molecule has 6 heteroatoms. The fourth-order valence-electron chi connectivity index (χ4n) is 3.47. The maximum absolute atomic E-state index is 13.4. The van der Waals surface area contributed by atoms with E-state index >= 15 is 0 Å². The van der Waals surface area contributed by atoms with Crippen molar-refractivity contribution in [2.45, 2.75) is 25.0 Å². The maximum atomic E-state index is 13.4. The van der Waals surface area contributed by atoms with Crippen LogP contribution in [-0.2, 0) is 16.9 Å². The Morgan fingerprint density at radius 1 is 1.23 bits per heavy atom. The van der Waals surface area contributed by atoms with Crippen molar-refractivity contribution in [2.75, 3.05) is 20.6 Å². The van der Waals surface area contributed by atoms with Crippen molar-refractivity contribution in [1.82, 2.24) is 4.90 Å². The predicted molar refractivity (Wildman–Crippen MR) is 103 cm³/mol. The molecule has 0 amide bonds. The molecule has 1 atom stereocenters. The van der Waals surface area contributed by atoms with Crippen molar-refractivity contribution < 1.29 is 19.0 Å². The van der Waals surface area contributed by atoms with E-state index in [4.69, 9.17) is 4.74 Å². The number of aromatic carboxylic acids is 1. The molecule has 2 aromatic carbocycles. The van der Waals surface area contributed by atoms with Gasteiger partial charge in [0, 0.05) is 0 Å². The number of hydrogen-bond acceptors (Lipinski definition) is 3. The summed E-state index contributed by atoms with van der Waals surface area (Å²) in [6.07, 6.45) is 1.65. The first-order chi connectivity index (χ1) is 11.9. The summed E-state index contributed by atoms with van der Waals surface area (Å²) in [6, 6.07) is 11.5. The van der Waals surface area contributed by atoms with E-state index in [1.165, 1.54) is 12.1 Å². The molecule has 0 saturated carbocycles. The Hall–Kier alpha value is -1.76. The molecule has 0 radical (unpaired) electrons. The zero-order valence-corrected chi connectivity index (χ0v) is 16.6. The molecule has 0 aromatic heterocycles. The second-order valence-corrected chi connectivity index (χ2v) is 6.71. The molecule has 26 heavy (non-hydrogen) atoms. The van der Waals surface area contributed by atoms with Gasteiger partial charge in [0.05, 0.1) is 12.2 Å². The molecule has 0 saturated heterocycles. The van der Waals surface area contributed by atoms with E-state index < -0.39 is 11.6 Å². The maximum Gasteiger partial charge on any atom is 0.335 e. The van der Waals surface area contributed by atoms with Crippen LogP contribution in [0.2, 0.25) is 0 Å². The number of ether oxygens (including phenoxy) is 1. The number of halogens is 2. The van der Waals surface area contributed by atoms with Crippen LogP contribution in [0.3, 0.4) is 0 Å². The Labute approximate surface area is 163 Å². The van der Waals surface area contributed by atoms with Gasteiger partial charge in [-0.2, -0.15) is 0 Å². The Kier molecular flexibility index (Phi) is 6.55. The molecular weight excluding hydrogens is 401 g/mol. The second kappa shape index (κ2) is 8.29. The Balaban J connectivity index is 0.00000243. The van der Waals surface area contributed by atoms with Crippen LogP contribution in [0.15, 0.2) is 42.5 Å². The number of carbonyl (C=O) groups is 1. The Morgan fingerprint density at radius 2 is 1.92 bits per heavy atom. The molecule has 2 aromatic rings. The summed E-state index contributed by atoms with van der Waals surface area (Å²) >= 11 is 0. The van der Waals surface area contributed by atoms with E-state index in [1.807, 2.05) is 20.2 Å². The van der Waals surface area contributed by atoms with Gasteiger partial charge in [0.15, 0.2) is 0 Å². The van der Waals surface area contributed by atoms with Crippen molar-refractivity contribution in [3.63, 3.8) is 0 Å². The van der Waals surface area contributed by atoms with Gasteiger partial charge in [-0.05, 0) is 74.4 Å². The molecule has 4 nitrogen and oxygen atoms in total. The fraction of sp³-hybridized carbons (Fsp3) is 0.350. The second-order valence-electron chi connectivity index (χ2n) is 6.71. The van der Waals surface area contributed by atoms with Gasteiger partial charge in [0.2, 0.25) is 0 Å². The number of carboxylic acid groups (broad SMARTS) is 1. The van der Waals surface area contributed by atoms with Crippen molar-refractivity contribution in [1.29, 1.82) is 0 Å². The lowest BCUT2D eigenvalue weighted by atomic mass is 9.81. The lowest BCUT2D eigenvalue weighted by molar-refractivity contribution is -0.0140. The largest absolute Gasteiger partial charge is 0.478 e. The number of benzene rings is 2. The summed E-state index contributed by atoms with van der Waals surface area (Å²) < 4.78 is 19.6. The minimum absolute atomic E-state index is 0. The normalized spacial score (nSPS) is 18.5. The molecule has 1 N–H and O–H groups in total. The first kappa shape index (κ1) is 20.6. The highest BCUT2D eigenvalue weighted by molar-refractivity contribution is 8.93. The summed E-state index contributed by atoms with van der Waals surface area (Å²) in [5, 5.41) is 9.21. The SMILES string of the molecule is Br.CN(C)CCCC1(c2ccc(F)cc2)OCc2cc(C(=O)O)ccc21.